The maximum atomic E-state index is 14.4. The largest absolute Gasteiger partial charge is 0.495 e. The number of epoxide rings is 1. The molecule has 4 bridgehead atoms. The number of hydrogen-bond acceptors (Lipinski definition) is 14. The number of benzene rings is 1. The number of ketones is 1. The van der Waals surface area contributed by atoms with Crippen molar-refractivity contribution < 1.29 is 62.4 Å². The van der Waals surface area contributed by atoms with Crippen LogP contribution in [0.15, 0.2) is 35.9 Å². The molecule has 386 valence electrons. The molecule has 0 aromatic heterocycles. The number of ether oxygens (including phenoxy) is 5. The Bertz CT molecular complexity index is 2260. The molecule has 9 atom stereocenters. The van der Waals surface area contributed by atoms with Gasteiger partial charge in [0.05, 0.1) is 30.6 Å². The number of likely N-dealkylation sites (N-methyl/N-ethyl adjacent to an activating group) is 1. The Morgan fingerprint density at radius 1 is 1.07 bits per heavy atom. The van der Waals surface area contributed by atoms with Crippen molar-refractivity contribution in [1.29, 1.82) is 0 Å². The summed E-state index contributed by atoms with van der Waals surface area (Å²) in [7, 11) is 5.91. The molecule has 19 heteroatoms. The van der Waals surface area contributed by atoms with E-state index in [0.717, 1.165) is 36.8 Å². The van der Waals surface area contributed by atoms with E-state index in [1.54, 1.807) is 45.2 Å². The third kappa shape index (κ3) is 12.2. The van der Waals surface area contributed by atoms with Gasteiger partial charge in [0.2, 0.25) is 23.6 Å². The summed E-state index contributed by atoms with van der Waals surface area (Å²) in [4.78, 5) is 98.3. The molecule has 1 aromatic rings. The molecule has 70 heavy (non-hydrogen) atoms. The molecule has 1 aliphatic carbocycles. The number of amides is 5. The summed E-state index contributed by atoms with van der Waals surface area (Å²) < 4.78 is 29.5. The summed E-state index contributed by atoms with van der Waals surface area (Å²) in [6.07, 6.45) is 3.53. The number of methoxy groups -OCH3 is 2. The summed E-state index contributed by atoms with van der Waals surface area (Å²) >= 11 is 8.05. The zero-order chi connectivity index (χ0) is 51.6. The standard InChI is InChI=1S/C51H71ClN4O13S/c1-28-13-12-14-38(66-11)51(64)26-36(67-48(63)53-51)29(2)45-50(7,69-45)39(25-41(58)55(9)34-22-32(21-28)23-35(65-10)43(34)52)68-47(62)30(3)54(8)40(57)19-20-70-37-24-42(59)56(46(37)61)27-31-15-17-33(18-16-31)44(60)49(4,5)6/h12-14,22-23,29-31,33,36-39,45,64H,15-21,24-27H2,1-11H3,(H,53,63)/b14-12+,28-13+/t29?,30-,31?,33?,36?,37?,38+,39-,45-,50-,51-/m0/s1. The van der Waals surface area contributed by atoms with E-state index in [1.165, 1.54) is 54.7 Å². The van der Waals surface area contributed by atoms with Crippen molar-refractivity contribution >= 4 is 70.5 Å². The summed E-state index contributed by atoms with van der Waals surface area (Å²) in [6.45, 7) is 13.0. The molecular weight excluding hydrogens is 944 g/mol. The number of esters is 1. The molecule has 5 aliphatic rings. The molecule has 0 radical (unpaired) electrons. The Labute approximate surface area is 420 Å². The Hall–Kier alpha value is -4.49. The minimum atomic E-state index is -1.87. The van der Waals surface area contributed by atoms with Gasteiger partial charge in [0.1, 0.15) is 46.5 Å². The predicted molar refractivity (Wildman–Crippen MR) is 263 cm³/mol. The average Bonchev–Trinajstić information content (AvgIpc) is 3.94. The first-order valence-electron chi connectivity index (χ1n) is 24.2. The highest BCUT2D eigenvalue weighted by Crippen LogP contribution is 2.49. The fourth-order valence-corrected chi connectivity index (χ4v) is 11.6. The van der Waals surface area contributed by atoms with Crippen LogP contribution < -0.4 is 15.0 Å². The van der Waals surface area contributed by atoms with Crippen molar-refractivity contribution in [2.24, 2.45) is 23.2 Å². The van der Waals surface area contributed by atoms with Crippen LogP contribution in [-0.2, 0) is 54.1 Å². The van der Waals surface area contributed by atoms with Gasteiger partial charge in [0.25, 0.3) is 0 Å². The van der Waals surface area contributed by atoms with Crippen LogP contribution in [0.2, 0.25) is 5.02 Å². The Balaban J connectivity index is 1.14. The number of imide groups is 1. The van der Waals surface area contributed by atoms with E-state index in [9.17, 15) is 38.7 Å². The summed E-state index contributed by atoms with van der Waals surface area (Å²) in [5.41, 5.74) is -1.54. The van der Waals surface area contributed by atoms with E-state index in [1.807, 2.05) is 33.8 Å². The van der Waals surface area contributed by atoms with Gasteiger partial charge in [-0.05, 0) is 76.5 Å². The minimum absolute atomic E-state index is 0.000565. The first kappa shape index (κ1) is 54.8. The van der Waals surface area contributed by atoms with Gasteiger partial charge in [0.15, 0.2) is 5.72 Å². The van der Waals surface area contributed by atoms with Gasteiger partial charge in [0, 0.05) is 70.0 Å². The van der Waals surface area contributed by atoms with Gasteiger partial charge in [-0.15, -0.1) is 11.8 Å². The molecule has 0 spiro atoms. The van der Waals surface area contributed by atoms with Crippen LogP contribution in [0.3, 0.4) is 0 Å². The van der Waals surface area contributed by atoms with Crippen molar-refractivity contribution in [1.82, 2.24) is 15.1 Å². The number of anilines is 1. The zero-order valence-electron chi connectivity index (χ0n) is 42.3. The number of halogens is 1. The maximum Gasteiger partial charge on any atom is 0.409 e. The molecule has 4 heterocycles. The van der Waals surface area contributed by atoms with Crippen molar-refractivity contribution in [3.05, 3.63) is 46.5 Å². The predicted octanol–water partition coefficient (Wildman–Crippen LogP) is 6.19. The number of allylic oxidation sites excluding steroid dienone is 3. The van der Waals surface area contributed by atoms with Crippen molar-refractivity contribution in [3.8, 4) is 5.75 Å². The number of likely N-dealkylation sites (tertiary alicyclic amines) is 1. The number of thioether (sulfide) groups is 1. The van der Waals surface area contributed by atoms with Crippen LogP contribution in [0, 0.1) is 23.2 Å². The van der Waals surface area contributed by atoms with E-state index < -0.39 is 82.2 Å². The smallest absolute Gasteiger partial charge is 0.409 e. The fraction of sp³-hybridized carbons (Fsp3) is 0.667. The van der Waals surface area contributed by atoms with Crippen LogP contribution in [0.1, 0.15) is 105 Å². The Morgan fingerprint density at radius 3 is 2.40 bits per heavy atom. The first-order valence-corrected chi connectivity index (χ1v) is 25.6. The molecule has 2 N–H and O–H groups in total. The van der Waals surface area contributed by atoms with E-state index in [-0.39, 0.29) is 65.9 Å². The number of alkyl carbamates (subject to hydrolysis) is 1. The van der Waals surface area contributed by atoms with Crippen LogP contribution in [0.5, 0.6) is 5.75 Å². The third-order valence-electron chi connectivity index (χ3n) is 14.8. The summed E-state index contributed by atoms with van der Waals surface area (Å²) in [5.74, 6) is -1.84. The number of rotatable bonds is 12. The van der Waals surface area contributed by atoms with E-state index >= 15 is 0 Å². The average molecular weight is 1020 g/mol. The quantitative estimate of drug-likeness (QED) is 0.136. The van der Waals surface area contributed by atoms with Crippen LogP contribution in [-0.4, -0.2) is 144 Å². The van der Waals surface area contributed by atoms with Crippen LogP contribution in [0.4, 0.5) is 10.5 Å². The third-order valence-corrected chi connectivity index (χ3v) is 16.3. The SMILES string of the molecule is COc1cc2cc(c1Cl)N(C)C(=O)C[C@H](OC(=O)[C@H](C)N(C)C(=O)CCSC1CC(=O)N(CC3CCC(C(=O)C(C)(C)C)CC3)C1=O)[C@]1(C)O[C@H]1C(C)C1C[C@@](O)(NC(=O)O1)[C@H](OC)/C=C/C=C(\C)C2. The lowest BCUT2D eigenvalue weighted by Crippen LogP contribution is -2.63. The molecule has 1 saturated carbocycles. The second-order valence-corrected chi connectivity index (χ2v) is 22.6. The van der Waals surface area contributed by atoms with E-state index in [4.69, 9.17) is 35.3 Å². The molecule has 17 nitrogen and oxygen atoms in total. The van der Waals surface area contributed by atoms with Crippen molar-refractivity contribution in [2.45, 2.75) is 153 Å². The van der Waals surface area contributed by atoms with Gasteiger partial charge >= 0.3 is 12.1 Å². The van der Waals surface area contributed by atoms with Crippen molar-refractivity contribution in [2.75, 3.05) is 45.5 Å². The number of aliphatic hydroxyl groups is 1. The highest BCUT2D eigenvalue weighted by molar-refractivity contribution is 8.00. The lowest BCUT2D eigenvalue weighted by molar-refractivity contribution is -0.162. The number of fused-ring (bicyclic) bond motifs is 5. The summed E-state index contributed by atoms with van der Waals surface area (Å²) in [5, 5.41) is 13.9. The van der Waals surface area contributed by atoms with Gasteiger partial charge in [-0.2, -0.15) is 0 Å². The molecular formula is C51H71ClN4O13S. The number of Topliss-reactive ketones (excluding diaryl/α,β-unsaturated/α-hetero) is 1. The number of carbonyl (C=O) groups is 7. The molecule has 5 amide bonds. The Morgan fingerprint density at radius 2 is 1.76 bits per heavy atom. The molecule has 6 rings (SSSR count). The molecule has 4 fully saturated rings. The highest BCUT2D eigenvalue weighted by Gasteiger charge is 2.64. The monoisotopic (exact) mass is 1010 g/mol. The molecule has 4 aliphatic heterocycles. The van der Waals surface area contributed by atoms with E-state index in [0.29, 0.717) is 24.4 Å². The zero-order valence-corrected chi connectivity index (χ0v) is 43.9. The molecule has 3 unspecified atom stereocenters. The van der Waals surface area contributed by atoms with Crippen LogP contribution >= 0.6 is 23.4 Å². The highest BCUT2D eigenvalue weighted by atomic mass is 35.5. The second-order valence-electron chi connectivity index (χ2n) is 20.9. The number of nitrogens with one attached hydrogen (secondary N) is 1. The Kier molecular flexibility index (Phi) is 17.3. The fourth-order valence-electron chi connectivity index (χ4n) is 10.1. The topological polar surface area (TPSA) is 211 Å². The van der Waals surface area contributed by atoms with Gasteiger partial charge < -0.3 is 38.6 Å². The normalized spacial score (nSPS) is 32.4. The number of hydrogen-bond donors (Lipinski definition) is 2. The van der Waals surface area contributed by atoms with Gasteiger partial charge in [-0.1, -0.05) is 63.1 Å². The van der Waals surface area contributed by atoms with Crippen molar-refractivity contribution in [3.63, 3.8) is 0 Å². The van der Waals surface area contributed by atoms with E-state index in [2.05, 4.69) is 5.32 Å². The molecule has 3 saturated heterocycles. The first-order chi connectivity index (χ1) is 32.8. The summed E-state index contributed by atoms with van der Waals surface area (Å²) in [6, 6.07) is 2.43. The minimum Gasteiger partial charge on any atom is -0.495 e. The number of carbonyl (C=O) groups excluding carboxylic acids is 7. The second kappa shape index (κ2) is 22.1. The maximum absolute atomic E-state index is 14.4. The molecule has 1 aromatic carbocycles. The van der Waals surface area contributed by atoms with Crippen LogP contribution in [0.25, 0.3) is 0 Å². The number of nitrogens with zero attached hydrogens (tertiary/aromatic N) is 3. The van der Waals surface area contributed by atoms with Gasteiger partial charge in [-0.25, -0.2) is 9.59 Å². The lowest BCUT2D eigenvalue weighted by Gasteiger charge is -2.42. The lowest BCUT2D eigenvalue weighted by atomic mass is 9.73. The van der Waals surface area contributed by atoms with Gasteiger partial charge in [-0.3, -0.25) is 34.2 Å².